The Hall–Kier alpha value is -0.200. The number of piperidine rings is 1. The van der Waals surface area contributed by atoms with Gasteiger partial charge in [-0.3, -0.25) is 4.90 Å². The SMILES string of the molecule is COCCCCCCCCCN1C[C@H](O)[C@@H](O)[C@H](O)[C@H]1C. The van der Waals surface area contributed by atoms with Gasteiger partial charge < -0.3 is 20.1 Å². The average Bonchev–Trinajstić information content (AvgIpc) is 2.48. The van der Waals surface area contributed by atoms with Crippen LogP contribution in [0.3, 0.4) is 0 Å². The predicted octanol–water partition coefficient (Wildman–Crippen LogP) is 1.15. The minimum absolute atomic E-state index is 0.0857. The number of hydrogen-bond donors (Lipinski definition) is 3. The van der Waals surface area contributed by atoms with Gasteiger partial charge >= 0.3 is 0 Å². The summed E-state index contributed by atoms with van der Waals surface area (Å²) < 4.78 is 5.02. The quantitative estimate of drug-likeness (QED) is 0.528. The van der Waals surface area contributed by atoms with Crippen molar-refractivity contribution < 1.29 is 20.1 Å². The van der Waals surface area contributed by atoms with E-state index < -0.39 is 18.3 Å². The van der Waals surface area contributed by atoms with Crippen molar-refractivity contribution in [1.29, 1.82) is 0 Å². The molecule has 1 heterocycles. The van der Waals surface area contributed by atoms with Crippen molar-refractivity contribution >= 4 is 0 Å². The third kappa shape index (κ3) is 6.61. The normalized spacial score (nSPS) is 30.7. The molecule has 0 radical (unpaired) electrons. The summed E-state index contributed by atoms with van der Waals surface area (Å²) in [4.78, 5) is 2.08. The molecular weight excluding hydrogens is 270 g/mol. The maximum Gasteiger partial charge on any atom is 0.108 e. The van der Waals surface area contributed by atoms with E-state index in [-0.39, 0.29) is 6.04 Å². The Kier molecular flexibility index (Phi) is 9.44. The van der Waals surface area contributed by atoms with Gasteiger partial charge in [0, 0.05) is 26.3 Å². The van der Waals surface area contributed by atoms with Crippen molar-refractivity contribution in [3.63, 3.8) is 0 Å². The molecule has 0 amide bonds. The number of methoxy groups -OCH3 is 1. The van der Waals surface area contributed by atoms with Crippen molar-refractivity contribution in [3.05, 3.63) is 0 Å². The molecule has 0 spiro atoms. The van der Waals surface area contributed by atoms with Crippen LogP contribution in [-0.2, 0) is 4.74 Å². The number of nitrogens with zero attached hydrogens (tertiary/aromatic N) is 1. The molecule has 0 saturated carbocycles. The van der Waals surface area contributed by atoms with Gasteiger partial charge in [0.2, 0.25) is 0 Å². The molecule has 0 aromatic heterocycles. The topological polar surface area (TPSA) is 73.2 Å². The Labute approximate surface area is 128 Å². The highest BCUT2D eigenvalue weighted by molar-refractivity contribution is 4.91. The van der Waals surface area contributed by atoms with E-state index in [0.29, 0.717) is 6.54 Å². The molecule has 1 saturated heterocycles. The standard InChI is InChI=1S/C16H33NO4/c1-13-15(19)16(20)14(18)12-17(13)10-8-6-4-3-5-7-9-11-21-2/h13-16,18-20H,3-12H2,1-2H3/t13-,14+,15-,16-/m1/s1. The van der Waals surface area contributed by atoms with Crippen molar-refractivity contribution in [3.8, 4) is 0 Å². The summed E-state index contributed by atoms with van der Waals surface area (Å²) in [7, 11) is 1.74. The van der Waals surface area contributed by atoms with Gasteiger partial charge in [-0.2, -0.15) is 0 Å². The van der Waals surface area contributed by atoms with E-state index in [1.165, 1.54) is 32.1 Å². The molecule has 0 aromatic carbocycles. The number of ether oxygens (including phenoxy) is 1. The first kappa shape index (κ1) is 18.8. The van der Waals surface area contributed by atoms with E-state index in [0.717, 1.165) is 26.0 Å². The van der Waals surface area contributed by atoms with Crippen LogP contribution in [0, 0.1) is 0 Å². The van der Waals surface area contributed by atoms with Crippen molar-refractivity contribution in [2.45, 2.75) is 76.2 Å². The molecule has 0 aromatic rings. The zero-order valence-corrected chi connectivity index (χ0v) is 13.6. The third-order valence-electron chi connectivity index (χ3n) is 4.53. The molecule has 0 aliphatic carbocycles. The van der Waals surface area contributed by atoms with Crippen LogP contribution in [0.1, 0.15) is 51.9 Å². The Morgan fingerprint density at radius 2 is 1.48 bits per heavy atom. The summed E-state index contributed by atoms with van der Waals surface area (Å²) in [6, 6.07) is -0.0857. The van der Waals surface area contributed by atoms with Gasteiger partial charge in [-0.15, -0.1) is 0 Å². The van der Waals surface area contributed by atoms with Crippen molar-refractivity contribution in [2.75, 3.05) is 26.8 Å². The number of aliphatic hydroxyl groups is 3. The monoisotopic (exact) mass is 303 g/mol. The van der Waals surface area contributed by atoms with Crippen LogP contribution in [0.15, 0.2) is 0 Å². The van der Waals surface area contributed by atoms with Crippen LogP contribution in [0.2, 0.25) is 0 Å². The number of aliphatic hydroxyl groups excluding tert-OH is 3. The highest BCUT2D eigenvalue weighted by atomic mass is 16.5. The number of β-amino-alcohol motifs (C(OH)–C–C–N with tert-alkyl or cyclic N) is 1. The fourth-order valence-corrected chi connectivity index (χ4v) is 2.98. The van der Waals surface area contributed by atoms with Crippen molar-refractivity contribution in [1.82, 2.24) is 4.90 Å². The fraction of sp³-hybridized carbons (Fsp3) is 1.00. The zero-order valence-electron chi connectivity index (χ0n) is 13.6. The first-order valence-corrected chi connectivity index (χ1v) is 8.35. The van der Waals surface area contributed by atoms with Gasteiger partial charge in [0.1, 0.15) is 6.10 Å². The van der Waals surface area contributed by atoms with Crippen LogP contribution in [-0.4, -0.2) is 71.4 Å². The van der Waals surface area contributed by atoms with E-state index >= 15 is 0 Å². The molecule has 4 atom stereocenters. The first-order chi connectivity index (χ1) is 10.1. The second kappa shape index (κ2) is 10.5. The van der Waals surface area contributed by atoms with Gasteiger partial charge in [0.15, 0.2) is 0 Å². The highest BCUT2D eigenvalue weighted by Crippen LogP contribution is 2.19. The molecule has 1 aliphatic rings. The molecular formula is C16H33NO4. The fourth-order valence-electron chi connectivity index (χ4n) is 2.98. The highest BCUT2D eigenvalue weighted by Gasteiger charge is 2.38. The van der Waals surface area contributed by atoms with Crippen LogP contribution >= 0.6 is 0 Å². The summed E-state index contributed by atoms with van der Waals surface area (Å²) in [5.74, 6) is 0. The van der Waals surface area contributed by atoms with E-state index in [9.17, 15) is 15.3 Å². The van der Waals surface area contributed by atoms with Crippen LogP contribution in [0.4, 0.5) is 0 Å². The summed E-state index contributed by atoms with van der Waals surface area (Å²) >= 11 is 0. The Morgan fingerprint density at radius 3 is 2.10 bits per heavy atom. The van der Waals surface area contributed by atoms with Crippen LogP contribution < -0.4 is 0 Å². The predicted molar refractivity (Wildman–Crippen MR) is 83.3 cm³/mol. The summed E-state index contributed by atoms with van der Waals surface area (Å²) in [5, 5.41) is 29.2. The Balaban J connectivity index is 2.04. The van der Waals surface area contributed by atoms with Gasteiger partial charge in [0.05, 0.1) is 12.2 Å². The largest absolute Gasteiger partial charge is 0.389 e. The number of hydrogen-bond acceptors (Lipinski definition) is 5. The third-order valence-corrected chi connectivity index (χ3v) is 4.53. The van der Waals surface area contributed by atoms with Gasteiger partial charge in [-0.1, -0.05) is 32.1 Å². The van der Waals surface area contributed by atoms with Crippen LogP contribution in [0.25, 0.3) is 0 Å². The van der Waals surface area contributed by atoms with Crippen LogP contribution in [0.5, 0.6) is 0 Å². The lowest BCUT2D eigenvalue weighted by atomic mass is 9.94. The summed E-state index contributed by atoms with van der Waals surface area (Å²) in [6.07, 6.45) is 5.74. The molecule has 3 N–H and O–H groups in total. The van der Waals surface area contributed by atoms with E-state index in [4.69, 9.17) is 4.74 Å². The maximum atomic E-state index is 9.87. The minimum atomic E-state index is -1.01. The first-order valence-electron chi connectivity index (χ1n) is 8.35. The lowest BCUT2D eigenvalue weighted by molar-refractivity contribution is -0.133. The molecule has 126 valence electrons. The van der Waals surface area contributed by atoms with Gasteiger partial charge in [0.25, 0.3) is 0 Å². The average molecular weight is 303 g/mol. The number of unbranched alkanes of at least 4 members (excludes halogenated alkanes) is 6. The van der Waals surface area contributed by atoms with Gasteiger partial charge in [-0.05, 0) is 26.3 Å². The van der Waals surface area contributed by atoms with Crippen molar-refractivity contribution in [2.24, 2.45) is 0 Å². The van der Waals surface area contributed by atoms with E-state index in [1.54, 1.807) is 7.11 Å². The summed E-state index contributed by atoms with van der Waals surface area (Å²) in [6.45, 7) is 4.11. The zero-order chi connectivity index (χ0) is 15.7. The van der Waals surface area contributed by atoms with E-state index in [2.05, 4.69) is 4.90 Å². The maximum absolute atomic E-state index is 9.87. The Morgan fingerprint density at radius 1 is 0.905 bits per heavy atom. The molecule has 5 heteroatoms. The lowest BCUT2D eigenvalue weighted by Gasteiger charge is -2.42. The number of rotatable bonds is 10. The smallest absolute Gasteiger partial charge is 0.108 e. The molecule has 0 bridgehead atoms. The number of likely N-dealkylation sites (tertiary alicyclic amines) is 1. The summed E-state index contributed by atoms with van der Waals surface area (Å²) in [5.41, 5.74) is 0. The Bertz CT molecular complexity index is 265. The molecule has 0 unspecified atom stereocenters. The lowest BCUT2D eigenvalue weighted by Crippen LogP contribution is -2.60. The molecule has 21 heavy (non-hydrogen) atoms. The van der Waals surface area contributed by atoms with E-state index in [1.807, 2.05) is 6.92 Å². The molecule has 1 fully saturated rings. The second-order valence-corrected chi connectivity index (χ2v) is 6.25. The molecule has 1 aliphatic heterocycles. The van der Waals surface area contributed by atoms with Gasteiger partial charge in [-0.25, -0.2) is 0 Å². The second-order valence-electron chi connectivity index (χ2n) is 6.25. The minimum Gasteiger partial charge on any atom is -0.389 e. The molecule has 5 nitrogen and oxygen atoms in total. The molecule has 1 rings (SSSR count).